The molecule has 0 aliphatic rings. The highest BCUT2D eigenvalue weighted by atomic mass is 16.6. The summed E-state index contributed by atoms with van der Waals surface area (Å²) in [6.07, 6.45) is 1.62. The van der Waals surface area contributed by atoms with Crippen LogP contribution in [-0.4, -0.2) is 30.8 Å². The van der Waals surface area contributed by atoms with Crippen molar-refractivity contribution in [1.29, 1.82) is 0 Å². The maximum atomic E-state index is 12.0. The molecule has 0 saturated carbocycles. The molecule has 0 aliphatic carbocycles. The summed E-state index contributed by atoms with van der Waals surface area (Å²) in [4.78, 5) is 22.1. The molecule has 0 bridgehead atoms. The van der Waals surface area contributed by atoms with E-state index in [2.05, 4.69) is 20.6 Å². The van der Waals surface area contributed by atoms with E-state index in [1.807, 2.05) is 0 Å². The second-order valence-corrected chi connectivity index (χ2v) is 4.90. The number of benzene rings is 1. The molecule has 0 radical (unpaired) electrons. The maximum absolute atomic E-state index is 12.0. The molecule has 2 aromatic heterocycles. The highest BCUT2D eigenvalue weighted by molar-refractivity contribution is 5.90. The number of anilines is 1. The van der Waals surface area contributed by atoms with Crippen LogP contribution in [0, 0.1) is 10.1 Å². The number of aryl methyl sites for hydroxylation is 1. The zero-order valence-corrected chi connectivity index (χ0v) is 12.5. The third-order valence-electron chi connectivity index (χ3n) is 3.22. The number of nitrogens with zero attached hydrogens (tertiary/aromatic N) is 5. The molecule has 3 aromatic rings. The Hall–Kier alpha value is -3.56. The zero-order valence-electron chi connectivity index (χ0n) is 12.5. The fourth-order valence-corrected chi connectivity index (χ4v) is 2.05. The summed E-state index contributed by atoms with van der Waals surface area (Å²) in [7, 11) is 1.73. The lowest BCUT2D eigenvalue weighted by Gasteiger charge is -2.01. The topological polar surface area (TPSA) is 129 Å². The Labute approximate surface area is 135 Å². The first-order valence-electron chi connectivity index (χ1n) is 6.88. The first-order valence-corrected chi connectivity index (χ1v) is 6.88. The molecule has 0 fully saturated rings. The van der Waals surface area contributed by atoms with Gasteiger partial charge in [0.25, 0.3) is 11.6 Å². The van der Waals surface area contributed by atoms with Crippen LogP contribution in [0.4, 0.5) is 11.7 Å². The molecule has 2 heterocycles. The van der Waals surface area contributed by atoms with Gasteiger partial charge in [-0.1, -0.05) is 17.2 Å². The molecule has 1 N–H and O–H groups in total. The fourth-order valence-electron chi connectivity index (χ4n) is 2.05. The van der Waals surface area contributed by atoms with Gasteiger partial charge in [0.2, 0.25) is 5.91 Å². The van der Waals surface area contributed by atoms with Gasteiger partial charge < -0.3 is 4.42 Å². The maximum Gasteiger partial charge on any atom is 0.322 e. The van der Waals surface area contributed by atoms with Gasteiger partial charge in [0, 0.05) is 25.4 Å². The monoisotopic (exact) mass is 328 g/mol. The minimum Gasteiger partial charge on any atom is -0.401 e. The number of hydrogen-bond donors (Lipinski definition) is 1. The summed E-state index contributed by atoms with van der Waals surface area (Å²) in [5, 5.41) is 24.7. The van der Waals surface area contributed by atoms with Gasteiger partial charge in [0.15, 0.2) is 0 Å². The summed E-state index contributed by atoms with van der Waals surface area (Å²) in [6, 6.07) is 7.40. The van der Waals surface area contributed by atoms with Crippen LogP contribution in [0.5, 0.6) is 0 Å². The molecule has 0 unspecified atom stereocenters. The first kappa shape index (κ1) is 15.3. The number of carbonyl (C=O) groups is 1. The van der Waals surface area contributed by atoms with Crippen molar-refractivity contribution in [2.24, 2.45) is 7.05 Å². The third kappa shape index (κ3) is 3.27. The van der Waals surface area contributed by atoms with Gasteiger partial charge in [-0.2, -0.15) is 5.10 Å². The van der Waals surface area contributed by atoms with Gasteiger partial charge in [0.1, 0.15) is 5.69 Å². The average molecular weight is 328 g/mol. The van der Waals surface area contributed by atoms with E-state index in [4.69, 9.17) is 4.42 Å². The molecule has 1 aromatic carbocycles. The molecular weight excluding hydrogens is 316 g/mol. The van der Waals surface area contributed by atoms with Gasteiger partial charge in [-0.05, 0) is 11.6 Å². The number of aromatic nitrogens is 4. The second-order valence-electron chi connectivity index (χ2n) is 4.90. The normalized spacial score (nSPS) is 10.5. The number of rotatable bonds is 5. The molecule has 10 heteroatoms. The van der Waals surface area contributed by atoms with Crippen LogP contribution in [0.2, 0.25) is 0 Å². The minimum atomic E-state index is -0.498. The van der Waals surface area contributed by atoms with E-state index >= 15 is 0 Å². The number of nitrogens with one attached hydrogen (secondary N) is 1. The first-order chi connectivity index (χ1) is 11.5. The Morgan fingerprint density at radius 2 is 2.04 bits per heavy atom. The average Bonchev–Trinajstić information content (AvgIpc) is 3.16. The number of nitro groups is 1. The standard InChI is InChI=1S/C14H12N6O4/c1-19-11(6-7-15-19)13-17-18-14(24-13)16-12(21)8-9-2-4-10(5-3-9)20(22)23/h2-7H,8H2,1H3,(H,16,18,21). The van der Waals surface area contributed by atoms with Crippen molar-refractivity contribution in [2.45, 2.75) is 6.42 Å². The van der Waals surface area contributed by atoms with Crippen LogP contribution in [0.15, 0.2) is 40.9 Å². The molecule has 24 heavy (non-hydrogen) atoms. The summed E-state index contributed by atoms with van der Waals surface area (Å²) in [5.41, 5.74) is 1.22. The SMILES string of the molecule is Cn1nccc1-c1nnc(NC(=O)Cc2ccc([N+](=O)[O-])cc2)o1. The number of carbonyl (C=O) groups excluding carboxylic acids is 1. The van der Waals surface area contributed by atoms with Gasteiger partial charge in [-0.3, -0.25) is 24.9 Å². The van der Waals surface area contributed by atoms with Crippen LogP contribution in [-0.2, 0) is 18.3 Å². The predicted molar refractivity (Wildman–Crippen MR) is 81.9 cm³/mol. The van der Waals surface area contributed by atoms with Crippen molar-refractivity contribution >= 4 is 17.6 Å². The molecule has 122 valence electrons. The highest BCUT2D eigenvalue weighted by Crippen LogP contribution is 2.19. The van der Waals surface area contributed by atoms with E-state index in [1.54, 1.807) is 24.0 Å². The number of nitro benzene ring substituents is 1. The summed E-state index contributed by atoms with van der Waals surface area (Å²) in [6.45, 7) is 0. The van der Waals surface area contributed by atoms with Gasteiger partial charge in [0.05, 0.1) is 11.3 Å². The number of hydrogen-bond acceptors (Lipinski definition) is 7. The molecule has 0 spiro atoms. The molecular formula is C14H12N6O4. The van der Waals surface area contributed by atoms with Crippen molar-refractivity contribution in [3.05, 3.63) is 52.2 Å². The third-order valence-corrected chi connectivity index (χ3v) is 3.22. The van der Waals surface area contributed by atoms with Crippen molar-refractivity contribution in [3.8, 4) is 11.6 Å². The summed E-state index contributed by atoms with van der Waals surface area (Å²) < 4.78 is 6.93. The van der Waals surface area contributed by atoms with E-state index in [9.17, 15) is 14.9 Å². The van der Waals surface area contributed by atoms with Crippen molar-refractivity contribution in [2.75, 3.05) is 5.32 Å². The van der Waals surface area contributed by atoms with E-state index in [-0.39, 0.29) is 29.9 Å². The Kier molecular flexibility index (Phi) is 4.01. The van der Waals surface area contributed by atoms with Gasteiger partial charge in [-0.25, -0.2) is 0 Å². The minimum absolute atomic E-state index is 0.0292. The summed E-state index contributed by atoms with van der Waals surface area (Å²) >= 11 is 0. The zero-order chi connectivity index (χ0) is 17.1. The smallest absolute Gasteiger partial charge is 0.322 e. The number of non-ortho nitro benzene ring substituents is 1. The Balaban J connectivity index is 1.64. The van der Waals surface area contributed by atoms with E-state index in [0.29, 0.717) is 11.3 Å². The van der Waals surface area contributed by atoms with Crippen LogP contribution < -0.4 is 5.32 Å². The van der Waals surface area contributed by atoms with E-state index in [0.717, 1.165) is 0 Å². The predicted octanol–water partition coefficient (Wildman–Crippen LogP) is 1.56. The molecule has 0 aliphatic heterocycles. The highest BCUT2D eigenvalue weighted by Gasteiger charge is 2.14. The van der Waals surface area contributed by atoms with Crippen LogP contribution >= 0.6 is 0 Å². The fraction of sp³-hybridized carbons (Fsp3) is 0.143. The Morgan fingerprint density at radius 3 is 2.67 bits per heavy atom. The van der Waals surface area contributed by atoms with E-state index < -0.39 is 4.92 Å². The van der Waals surface area contributed by atoms with Crippen LogP contribution in [0.3, 0.4) is 0 Å². The van der Waals surface area contributed by atoms with Crippen molar-refractivity contribution in [3.63, 3.8) is 0 Å². The largest absolute Gasteiger partial charge is 0.401 e. The molecule has 0 saturated heterocycles. The number of amides is 1. The molecule has 3 rings (SSSR count). The van der Waals surface area contributed by atoms with Gasteiger partial charge >= 0.3 is 6.01 Å². The lowest BCUT2D eigenvalue weighted by Crippen LogP contribution is -2.14. The molecule has 0 atom stereocenters. The lowest BCUT2D eigenvalue weighted by atomic mass is 10.1. The van der Waals surface area contributed by atoms with Crippen molar-refractivity contribution in [1.82, 2.24) is 20.0 Å². The Morgan fingerprint density at radius 1 is 1.29 bits per heavy atom. The van der Waals surface area contributed by atoms with E-state index in [1.165, 1.54) is 24.3 Å². The van der Waals surface area contributed by atoms with Crippen molar-refractivity contribution < 1.29 is 14.1 Å². The van der Waals surface area contributed by atoms with Crippen LogP contribution in [0.25, 0.3) is 11.6 Å². The second kappa shape index (κ2) is 6.28. The van der Waals surface area contributed by atoms with Crippen LogP contribution in [0.1, 0.15) is 5.56 Å². The molecule has 1 amide bonds. The van der Waals surface area contributed by atoms with Gasteiger partial charge in [-0.15, -0.1) is 5.10 Å². The Bertz CT molecular complexity index is 883. The lowest BCUT2D eigenvalue weighted by molar-refractivity contribution is -0.384. The quantitative estimate of drug-likeness (QED) is 0.555. The molecule has 10 nitrogen and oxygen atoms in total. The summed E-state index contributed by atoms with van der Waals surface area (Å²) in [5.74, 6) is -0.135.